The van der Waals surface area contributed by atoms with Crippen LogP contribution < -0.4 is 0 Å². The second kappa shape index (κ2) is 10.3. The summed E-state index contributed by atoms with van der Waals surface area (Å²) in [7, 11) is 1.75. The fourth-order valence-electron chi connectivity index (χ4n) is 5.14. The summed E-state index contributed by atoms with van der Waals surface area (Å²) < 4.78 is 17.4. The molecule has 2 fully saturated rings. The summed E-state index contributed by atoms with van der Waals surface area (Å²) in [5.41, 5.74) is 2.78. The van der Waals surface area contributed by atoms with Crippen molar-refractivity contribution in [2.24, 2.45) is 17.8 Å². The molecule has 0 unspecified atom stereocenters. The van der Waals surface area contributed by atoms with Crippen molar-refractivity contribution >= 4 is 0 Å². The Labute approximate surface area is 159 Å². The highest BCUT2D eigenvalue weighted by Crippen LogP contribution is 2.44. The zero-order valence-corrected chi connectivity index (χ0v) is 16.3. The van der Waals surface area contributed by atoms with Crippen molar-refractivity contribution in [1.82, 2.24) is 0 Å². The van der Waals surface area contributed by atoms with Gasteiger partial charge in [0.15, 0.2) is 0 Å². The highest BCUT2D eigenvalue weighted by Gasteiger charge is 2.30. The molecule has 1 nitrogen and oxygen atoms in total. The zero-order chi connectivity index (χ0) is 18.2. The van der Waals surface area contributed by atoms with Crippen LogP contribution in [0.5, 0.6) is 0 Å². The van der Waals surface area contributed by atoms with Crippen LogP contribution in [-0.2, 0) is 11.3 Å². The van der Waals surface area contributed by atoms with E-state index in [-0.39, 0.29) is 6.67 Å². The molecule has 2 saturated carbocycles. The molecule has 26 heavy (non-hydrogen) atoms. The van der Waals surface area contributed by atoms with Crippen LogP contribution >= 0.6 is 0 Å². The van der Waals surface area contributed by atoms with E-state index in [0.717, 1.165) is 17.8 Å². The van der Waals surface area contributed by atoms with Gasteiger partial charge in [0.25, 0.3) is 0 Å². The fourth-order valence-corrected chi connectivity index (χ4v) is 5.14. The van der Waals surface area contributed by atoms with E-state index in [4.69, 9.17) is 4.74 Å². The molecule has 0 heterocycles. The van der Waals surface area contributed by atoms with Crippen molar-refractivity contribution in [3.05, 3.63) is 47.5 Å². The third-order valence-electron chi connectivity index (χ3n) is 6.70. The van der Waals surface area contributed by atoms with E-state index < -0.39 is 0 Å². The van der Waals surface area contributed by atoms with Crippen molar-refractivity contribution < 1.29 is 9.13 Å². The van der Waals surface area contributed by atoms with Crippen LogP contribution in [0.25, 0.3) is 0 Å². The molecule has 0 saturated heterocycles. The highest BCUT2D eigenvalue weighted by molar-refractivity contribution is 5.25. The Morgan fingerprint density at radius 2 is 1.54 bits per heavy atom. The largest absolute Gasteiger partial charge is 0.380 e. The van der Waals surface area contributed by atoms with E-state index in [2.05, 4.69) is 30.3 Å². The van der Waals surface area contributed by atoms with E-state index in [1.54, 1.807) is 7.11 Å². The maximum absolute atomic E-state index is 12.2. The Kier molecular flexibility index (Phi) is 7.73. The van der Waals surface area contributed by atoms with Crippen molar-refractivity contribution in [3.63, 3.8) is 0 Å². The summed E-state index contributed by atoms with van der Waals surface area (Å²) in [5.74, 6) is 3.34. The van der Waals surface area contributed by atoms with Gasteiger partial charge in [0.2, 0.25) is 0 Å². The first-order valence-electron chi connectivity index (χ1n) is 10.6. The van der Waals surface area contributed by atoms with Crippen molar-refractivity contribution in [3.8, 4) is 0 Å². The standard InChI is InChI=1S/C24H35FO/c1-26-18-20-7-11-22(12-8-20)24-15-13-23(14-16-24)21-9-5-19(6-10-21)4-2-3-17-25/h2,4,7-8,11-12,19,21,23-24H,3,5-6,9-10,13-18H2,1H3/b4-2+. The monoisotopic (exact) mass is 358 g/mol. The minimum atomic E-state index is -0.218. The number of hydrogen-bond acceptors (Lipinski definition) is 1. The molecule has 0 atom stereocenters. The van der Waals surface area contributed by atoms with Crippen LogP contribution in [-0.4, -0.2) is 13.8 Å². The zero-order valence-electron chi connectivity index (χ0n) is 16.3. The summed E-state index contributed by atoms with van der Waals surface area (Å²) in [6, 6.07) is 9.08. The fraction of sp³-hybridized carbons (Fsp3) is 0.667. The lowest BCUT2D eigenvalue weighted by Gasteiger charge is -2.37. The lowest BCUT2D eigenvalue weighted by molar-refractivity contribution is 0.171. The van der Waals surface area contributed by atoms with Gasteiger partial charge in [-0.2, -0.15) is 0 Å². The molecule has 1 aromatic carbocycles. The molecule has 2 heteroatoms. The Bertz CT molecular complexity index is 534. The van der Waals surface area contributed by atoms with Crippen LogP contribution in [0.15, 0.2) is 36.4 Å². The van der Waals surface area contributed by atoms with E-state index in [9.17, 15) is 4.39 Å². The number of ether oxygens (including phenoxy) is 1. The quantitative estimate of drug-likeness (QED) is 0.485. The Balaban J connectivity index is 1.42. The lowest BCUT2D eigenvalue weighted by Crippen LogP contribution is -2.25. The summed E-state index contributed by atoms with van der Waals surface area (Å²) in [6.07, 6.45) is 15.8. The van der Waals surface area contributed by atoms with Crippen LogP contribution in [0.3, 0.4) is 0 Å². The SMILES string of the molecule is COCc1ccc(C2CCC(C3CCC(/C=C/CCF)CC3)CC2)cc1. The predicted octanol–water partition coefficient (Wildman–Crippen LogP) is 6.83. The first-order chi connectivity index (χ1) is 12.8. The molecule has 0 radical (unpaired) electrons. The molecule has 144 valence electrons. The van der Waals surface area contributed by atoms with Crippen LogP contribution in [0.2, 0.25) is 0 Å². The van der Waals surface area contributed by atoms with Crippen LogP contribution in [0, 0.1) is 17.8 Å². The molecule has 0 aromatic heterocycles. The van der Waals surface area contributed by atoms with Crippen LogP contribution in [0.1, 0.15) is 74.8 Å². The number of alkyl halides is 1. The molecule has 2 aliphatic carbocycles. The number of allylic oxidation sites excluding steroid dienone is 2. The number of benzene rings is 1. The van der Waals surface area contributed by atoms with Gasteiger partial charge < -0.3 is 4.74 Å². The maximum Gasteiger partial charge on any atom is 0.0928 e. The van der Waals surface area contributed by atoms with Crippen molar-refractivity contribution in [1.29, 1.82) is 0 Å². The molecule has 2 aliphatic rings. The average molecular weight is 359 g/mol. The summed E-state index contributed by atoms with van der Waals surface area (Å²) in [6.45, 7) is 0.489. The van der Waals surface area contributed by atoms with Gasteiger partial charge in [-0.05, 0) is 92.6 Å². The molecule has 0 aliphatic heterocycles. The van der Waals surface area contributed by atoms with Gasteiger partial charge in [-0.25, -0.2) is 0 Å². The van der Waals surface area contributed by atoms with E-state index in [1.165, 1.54) is 62.5 Å². The molecule has 0 spiro atoms. The van der Waals surface area contributed by atoms with Gasteiger partial charge in [0, 0.05) is 7.11 Å². The summed E-state index contributed by atoms with van der Waals surface area (Å²) >= 11 is 0. The molecule has 1 aromatic rings. The first-order valence-corrected chi connectivity index (χ1v) is 10.6. The third-order valence-corrected chi connectivity index (χ3v) is 6.70. The van der Waals surface area contributed by atoms with Crippen LogP contribution in [0.4, 0.5) is 4.39 Å². The first kappa shape index (κ1) is 19.6. The topological polar surface area (TPSA) is 9.23 Å². The van der Waals surface area contributed by atoms with Crippen molar-refractivity contribution in [2.45, 2.75) is 70.3 Å². The van der Waals surface area contributed by atoms with Gasteiger partial charge in [-0.3, -0.25) is 4.39 Å². The number of rotatable bonds is 7. The lowest BCUT2D eigenvalue weighted by atomic mass is 9.68. The van der Waals surface area contributed by atoms with E-state index in [1.807, 2.05) is 6.08 Å². The third kappa shape index (κ3) is 5.42. The Morgan fingerprint density at radius 1 is 0.923 bits per heavy atom. The smallest absolute Gasteiger partial charge is 0.0928 e. The second-order valence-corrected chi connectivity index (χ2v) is 8.37. The molecule has 0 N–H and O–H groups in total. The number of halogens is 1. The highest BCUT2D eigenvalue weighted by atomic mass is 19.1. The minimum absolute atomic E-state index is 0.218. The Hall–Kier alpha value is -1.15. The van der Waals surface area contributed by atoms with Gasteiger partial charge in [-0.15, -0.1) is 0 Å². The van der Waals surface area contributed by atoms with Gasteiger partial charge >= 0.3 is 0 Å². The second-order valence-electron chi connectivity index (χ2n) is 8.37. The molecular weight excluding hydrogens is 323 g/mol. The van der Waals surface area contributed by atoms with Crippen molar-refractivity contribution in [2.75, 3.05) is 13.8 Å². The van der Waals surface area contributed by atoms with Gasteiger partial charge in [0.1, 0.15) is 0 Å². The Morgan fingerprint density at radius 3 is 2.12 bits per heavy atom. The van der Waals surface area contributed by atoms with E-state index >= 15 is 0 Å². The summed E-state index contributed by atoms with van der Waals surface area (Å²) in [5, 5.41) is 0. The molecule has 0 bridgehead atoms. The van der Waals surface area contributed by atoms with Gasteiger partial charge in [0.05, 0.1) is 13.3 Å². The molecule has 0 amide bonds. The molecule has 3 rings (SSSR count). The molecular formula is C24H35FO. The minimum Gasteiger partial charge on any atom is -0.380 e. The van der Waals surface area contributed by atoms with E-state index in [0.29, 0.717) is 18.9 Å². The average Bonchev–Trinajstić information content (AvgIpc) is 2.70. The predicted molar refractivity (Wildman–Crippen MR) is 107 cm³/mol. The number of methoxy groups -OCH3 is 1. The maximum atomic E-state index is 12.2. The number of hydrogen-bond donors (Lipinski definition) is 0. The normalized spacial score (nSPS) is 29.9. The van der Waals surface area contributed by atoms with Gasteiger partial charge in [-0.1, -0.05) is 36.4 Å². The summed E-state index contributed by atoms with van der Waals surface area (Å²) in [4.78, 5) is 0.